The van der Waals surface area contributed by atoms with E-state index in [1.54, 1.807) is 11.5 Å². The summed E-state index contributed by atoms with van der Waals surface area (Å²) in [7, 11) is -4.08. The first-order chi connectivity index (χ1) is 13.9. The van der Waals surface area contributed by atoms with Crippen LogP contribution in [0.4, 0.5) is 13.2 Å². The van der Waals surface area contributed by atoms with Gasteiger partial charge in [0.1, 0.15) is 4.90 Å². The lowest BCUT2D eigenvalue weighted by Crippen LogP contribution is -2.17. The Kier molecular flexibility index (Phi) is 6.47. The molecule has 1 aliphatic carbocycles. The number of nitrogens with zero attached hydrogens (tertiary/aromatic N) is 1. The molecule has 1 atom stereocenters. The molecule has 3 N–H and O–H groups in total. The van der Waals surface area contributed by atoms with Gasteiger partial charge in [-0.15, -0.1) is 0 Å². The summed E-state index contributed by atoms with van der Waals surface area (Å²) in [6.45, 7) is 2.04. The second-order valence-electron chi connectivity index (χ2n) is 7.60. The summed E-state index contributed by atoms with van der Waals surface area (Å²) in [5.74, 6) is 0.281. The van der Waals surface area contributed by atoms with Crippen LogP contribution in [0.5, 0.6) is 0 Å². The third kappa shape index (κ3) is 4.79. The summed E-state index contributed by atoms with van der Waals surface area (Å²) >= 11 is -2.82. The van der Waals surface area contributed by atoms with Gasteiger partial charge in [0, 0.05) is 17.9 Å². The van der Waals surface area contributed by atoms with E-state index in [4.69, 9.17) is 5.14 Å². The maximum Gasteiger partial charge on any atom is 0.417 e. The third-order valence-corrected chi connectivity index (χ3v) is 7.32. The number of nitrogens with two attached hydrogens (primary N) is 1. The molecule has 3 rings (SSSR count). The quantitative estimate of drug-likeness (QED) is 0.645. The van der Waals surface area contributed by atoms with Gasteiger partial charge in [0.05, 0.1) is 10.5 Å². The second-order valence-corrected chi connectivity index (χ2v) is 10.1. The Morgan fingerprint density at radius 2 is 1.83 bits per heavy atom. The molecule has 0 saturated heterocycles. The fourth-order valence-electron chi connectivity index (χ4n) is 4.07. The molecule has 1 unspecified atom stereocenters. The van der Waals surface area contributed by atoms with Gasteiger partial charge < -0.3 is 9.12 Å². The summed E-state index contributed by atoms with van der Waals surface area (Å²) in [6, 6.07) is 4.29. The van der Waals surface area contributed by atoms with Crippen molar-refractivity contribution in [1.29, 1.82) is 0 Å². The highest BCUT2D eigenvalue weighted by Crippen LogP contribution is 2.38. The van der Waals surface area contributed by atoms with E-state index in [1.807, 2.05) is 0 Å². The van der Waals surface area contributed by atoms with Crippen LogP contribution in [0.1, 0.15) is 43.4 Å². The van der Waals surface area contributed by atoms with Crippen LogP contribution in [0.25, 0.3) is 11.3 Å². The molecule has 0 amide bonds. The van der Waals surface area contributed by atoms with E-state index in [1.165, 1.54) is 12.1 Å². The van der Waals surface area contributed by atoms with Crippen molar-refractivity contribution in [2.45, 2.75) is 61.5 Å². The minimum atomic E-state index is -4.84. The molecular formula is C19H23F3N2O4S2. The molecule has 1 fully saturated rings. The molecule has 11 heteroatoms. The maximum atomic E-state index is 13.5. The van der Waals surface area contributed by atoms with E-state index in [-0.39, 0.29) is 22.1 Å². The van der Waals surface area contributed by atoms with Crippen LogP contribution in [0, 0.1) is 12.8 Å². The number of primary sulfonamides is 1. The lowest BCUT2D eigenvalue weighted by atomic mass is 9.89. The van der Waals surface area contributed by atoms with Crippen molar-refractivity contribution in [3.05, 3.63) is 35.5 Å². The first kappa shape index (κ1) is 23.0. The molecule has 0 spiro atoms. The van der Waals surface area contributed by atoms with Gasteiger partial charge in [-0.3, -0.25) is 0 Å². The fourth-order valence-corrected chi connectivity index (χ4v) is 5.42. The standard InChI is InChI=1S/C19H23F3N2O4S2/c1-12-18(30(23,27)28)10-16(24(12)11-13-5-3-2-4-6-13)14-7-8-17(29(25)26)15(9-14)19(20,21)22/h7-10,13H,2-6,11H2,1H3,(H,25,26)(H2,23,27,28). The van der Waals surface area contributed by atoms with E-state index in [0.717, 1.165) is 44.2 Å². The number of hydrogen-bond acceptors (Lipinski definition) is 3. The number of sulfonamides is 1. The van der Waals surface area contributed by atoms with Crippen LogP contribution in [0.3, 0.4) is 0 Å². The predicted molar refractivity (Wildman–Crippen MR) is 107 cm³/mol. The van der Waals surface area contributed by atoms with Crippen LogP contribution in [0.2, 0.25) is 0 Å². The molecule has 0 radical (unpaired) electrons. The molecule has 1 aromatic carbocycles. The van der Waals surface area contributed by atoms with Gasteiger partial charge in [0.25, 0.3) is 0 Å². The van der Waals surface area contributed by atoms with Crippen molar-refractivity contribution < 1.29 is 30.4 Å². The first-order valence-electron chi connectivity index (χ1n) is 9.45. The van der Waals surface area contributed by atoms with E-state index in [9.17, 15) is 30.4 Å². The van der Waals surface area contributed by atoms with Crippen LogP contribution < -0.4 is 5.14 Å². The molecular weight excluding hydrogens is 441 g/mol. The molecule has 0 bridgehead atoms. The van der Waals surface area contributed by atoms with Crippen LogP contribution >= 0.6 is 0 Å². The normalized spacial score (nSPS) is 17.3. The first-order valence-corrected chi connectivity index (χ1v) is 12.1. The fraction of sp³-hybridized carbons (Fsp3) is 0.474. The summed E-state index contributed by atoms with van der Waals surface area (Å²) in [5, 5.41) is 5.32. The summed E-state index contributed by atoms with van der Waals surface area (Å²) in [5.41, 5.74) is -0.490. The Morgan fingerprint density at radius 1 is 1.20 bits per heavy atom. The molecule has 1 aromatic heterocycles. The van der Waals surface area contributed by atoms with Gasteiger partial charge in [-0.05, 0) is 49.4 Å². The zero-order valence-electron chi connectivity index (χ0n) is 16.3. The Labute approximate surface area is 175 Å². The molecule has 166 valence electrons. The zero-order chi connectivity index (χ0) is 22.3. The Morgan fingerprint density at radius 3 is 2.37 bits per heavy atom. The number of aromatic nitrogens is 1. The van der Waals surface area contributed by atoms with Crippen molar-refractivity contribution in [1.82, 2.24) is 4.57 Å². The van der Waals surface area contributed by atoms with E-state index < -0.39 is 37.7 Å². The van der Waals surface area contributed by atoms with Crippen molar-refractivity contribution >= 4 is 21.1 Å². The highest BCUT2D eigenvalue weighted by Gasteiger charge is 2.36. The Hall–Kier alpha value is -1.69. The zero-order valence-corrected chi connectivity index (χ0v) is 17.9. The van der Waals surface area contributed by atoms with Crippen molar-refractivity contribution in [3.8, 4) is 11.3 Å². The highest BCUT2D eigenvalue weighted by atomic mass is 32.2. The summed E-state index contributed by atoms with van der Waals surface area (Å²) in [6.07, 6.45) is 0.304. The van der Waals surface area contributed by atoms with Gasteiger partial charge in [0.2, 0.25) is 10.0 Å². The SMILES string of the molecule is Cc1c(S(N)(=O)=O)cc(-c2ccc(S(=O)O)c(C(F)(F)F)c2)n1CC1CCCCC1. The lowest BCUT2D eigenvalue weighted by molar-refractivity contribution is -0.139. The maximum absolute atomic E-state index is 13.5. The Balaban J connectivity index is 2.18. The molecule has 1 heterocycles. The van der Waals surface area contributed by atoms with Crippen LogP contribution in [-0.4, -0.2) is 21.7 Å². The van der Waals surface area contributed by atoms with E-state index in [2.05, 4.69) is 0 Å². The summed E-state index contributed by atoms with van der Waals surface area (Å²) < 4.78 is 86.8. The molecule has 1 aliphatic rings. The van der Waals surface area contributed by atoms with E-state index >= 15 is 0 Å². The Bertz CT molecular complexity index is 1070. The van der Waals surface area contributed by atoms with Gasteiger partial charge in [0.15, 0.2) is 11.1 Å². The number of rotatable bonds is 5. The smallest absolute Gasteiger partial charge is 0.343 e. The highest BCUT2D eigenvalue weighted by molar-refractivity contribution is 7.89. The van der Waals surface area contributed by atoms with Gasteiger partial charge >= 0.3 is 6.18 Å². The monoisotopic (exact) mass is 464 g/mol. The van der Waals surface area contributed by atoms with Crippen molar-refractivity contribution in [2.75, 3.05) is 0 Å². The predicted octanol–water partition coefficient (Wildman–Crippen LogP) is 4.29. The average Bonchev–Trinajstić information content (AvgIpc) is 2.98. The number of halogens is 3. The topological polar surface area (TPSA) is 102 Å². The average molecular weight is 465 g/mol. The van der Waals surface area contributed by atoms with Crippen LogP contribution in [-0.2, 0) is 33.8 Å². The minimum absolute atomic E-state index is 0.102. The second kappa shape index (κ2) is 8.45. The minimum Gasteiger partial charge on any atom is -0.343 e. The van der Waals surface area contributed by atoms with Crippen molar-refractivity contribution in [2.24, 2.45) is 11.1 Å². The molecule has 2 aromatic rings. The van der Waals surface area contributed by atoms with Crippen molar-refractivity contribution in [3.63, 3.8) is 0 Å². The number of alkyl halides is 3. The summed E-state index contributed by atoms with van der Waals surface area (Å²) in [4.78, 5) is -0.892. The van der Waals surface area contributed by atoms with Crippen LogP contribution in [0.15, 0.2) is 34.1 Å². The van der Waals surface area contributed by atoms with E-state index in [0.29, 0.717) is 12.2 Å². The molecule has 0 aliphatic heterocycles. The van der Waals surface area contributed by atoms with Gasteiger partial charge in [-0.25, -0.2) is 17.8 Å². The molecule has 30 heavy (non-hydrogen) atoms. The van der Waals surface area contributed by atoms with Gasteiger partial charge in [-0.2, -0.15) is 13.2 Å². The number of benzene rings is 1. The number of hydrogen-bond donors (Lipinski definition) is 2. The lowest BCUT2D eigenvalue weighted by Gasteiger charge is -2.24. The van der Waals surface area contributed by atoms with Gasteiger partial charge in [-0.1, -0.05) is 25.3 Å². The third-order valence-electron chi connectivity index (χ3n) is 5.56. The molecule has 6 nitrogen and oxygen atoms in total. The molecule has 1 saturated carbocycles. The largest absolute Gasteiger partial charge is 0.417 e.